The maximum Gasteiger partial charge on any atom is -0.0233 e. The van der Waals surface area contributed by atoms with Crippen LogP contribution < -0.4 is 0 Å². The Morgan fingerprint density at radius 3 is 1.80 bits per heavy atom. The highest BCUT2D eigenvalue weighted by molar-refractivity contribution is 7.17. The van der Waals surface area contributed by atoms with Crippen molar-refractivity contribution in [2.45, 2.75) is 110 Å². The second kappa shape index (κ2) is 14.4. The van der Waals surface area contributed by atoms with Crippen molar-refractivity contribution in [3.63, 3.8) is 0 Å². The van der Waals surface area contributed by atoms with E-state index < -0.39 is 0 Å². The molecule has 0 N–H and O–H groups in total. The number of hydrogen-bond donors (Lipinski definition) is 0. The van der Waals surface area contributed by atoms with Gasteiger partial charge in [-0.25, -0.2) is 0 Å². The second-order valence-corrected chi connectivity index (χ2v) is 7.49. The summed E-state index contributed by atoms with van der Waals surface area (Å²) in [5.74, 6) is 1.92. The molecule has 122 valence electrons. The Hall–Kier alpha value is 0.430. The molecule has 0 aliphatic carbocycles. The molecular weight excluding hydrogens is 259 g/mol. The van der Waals surface area contributed by atoms with Crippen LogP contribution in [0.3, 0.4) is 0 Å². The highest BCUT2D eigenvalue weighted by Crippen LogP contribution is 2.35. The molecule has 0 amide bonds. The molecule has 4 atom stereocenters. The van der Waals surface area contributed by atoms with E-state index >= 15 is 0 Å². The molecule has 0 nitrogen and oxygen atoms in total. The van der Waals surface area contributed by atoms with Gasteiger partial charge in [-0.1, -0.05) is 91.9 Å². The summed E-state index contributed by atoms with van der Waals surface area (Å²) in [6.07, 6.45) is 17.0. The fraction of sp³-hybridized carbons (Fsp3) is 1.00. The summed E-state index contributed by atoms with van der Waals surface area (Å²) in [5, 5.41) is 0. The zero-order valence-electron chi connectivity index (χ0n) is 14.8. The Morgan fingerprint density at radius 2 is 1.25 bits per heavy atom. The van der Waals surface area contributed by atoms with Crippen LogP contribution in [0, 0.1) is 11.8 Å². The molecule has 0 saturated carbocycles. The van der Waals surface area contributed by atoms with E-state index in [1.54, 1.807) is 0 Å². The van der Waals surface area contributed by atoms with E-state index in [4.69, 9.17) is 0 Å². The summed E-state index contributed by atoms with van der Waals surface area (Å²) < 4.78 is 0. The Balaban J connectivity index is 4.31. The topological polar surface area (TPSA) is 0 Å². The summed E-state index contributed by atoms with van der Waals surface area (Å²) in [7, 11) is 3.22. The molecule has 0 aromatic heterocycles. The normalized spacial score (nSPS) is 16.1. The molecule has 0 fully saturated rings. The van der Waals surface area contributed by atoms with Crippen LogP contribution in [-0.2, 0) is 0 Å². The van der Waals surface area contributed by atoms with Gasteiger partial charge in [-0.3, -0.25) is 0 Å². The zero-order valence-corrected chi connectivity index (χ0v) is 15.9. The highest BCUT2D eigenvalue weighted by Gasteiger charge is 2.24. The van der Waals surface area contributed by atoms with Gasteiger partial charge >= 0.3 is 0 Å². The second-order valence-electron chi connectivity index (χ2n) is 6.63. The van der Waals surface area contributed by atoms with Crippen molar-refractivity contribution < 1.29 is 0 Å². The fourth-order valence-corrected chi connectivity index (χ4v) is 4.28. The molecule has 0 rings (SSSR count). The van der Waals surface area contributed by atoms with Gasteiger partial charge in [0.25, 0.3) is 0 Å². The Kier molecular flexibility index (Phi) is 14.7. The van der Waals surface area contributed by atoms with Crippen molar-refractivity contribution in [3.8, 4) is 0 Å². The minimum Gasteiger partial charge on any atom is -0.134 e. The molecule has 0 heterocycles. The van der Waals surface area contributed by atoms with Gasteiger partial charge in [0.2, 0.25) is 0 Å². The predicted octanol–water partition coefficient (Wildman–Crippen LogP) is 7.22. The first-order valence-corrected chi connectivity index (χ1v) is 10.1. The van der Waals surface area contributed by atoms with Crippen molar-refractivity contribution in [2.75, 3.05) is 0 Å². The lowest BCUT2D eigenvalue weighted by molar-refractivity contribution is 0.261. The van der Waals surface area contributed by atoms with Crippen molar-refractivity contribution in [1.82, 2.24) is 0 Å². The average molecular weight is 301 g/mol. The summed E-state index contributed by atoms with van der Waals surface area (Å²) >= 11 is 0. The minimum absolute atomic E-state index is 0.861. The Morgan fingerprint density at radius 1 is 0.650 bits per heavy atom. The van der Waals surface area contributed by atoms with Crippen LogP contribution in [0.1, 0.15) is 105 Å². The molecule has 0 aromatic rings. The Labute approximate surface area is 132 Å². The van der Waals surface area contributed by atoms with Gasteiger partial charge in [0, 0.05) is 0 Å². The Bertz CT molecular complexity index is 190. The van der Waals surface area contributed by atoms with Gasteiger partial charge < -0.3 is 0 Å². The molecule has 20 heavy (non-hydrogen) atoms. The van der Waals surface area contributed by atoms with Gasteiger partial charge in [-0.05, 0) is 30.3 Å². The molecule has 0 bridgehead atoms. The molecule has 0 aliphatic rings. The summed E-state index contributed by atoms with van der Waals surface area (Å²) in [6, 6.07) is 0. The first-order valence-electron chi connectivity index (χ1n) is 9.46. The summed E-state index contributed by atoms with van der Waals surface area (Å²) in [4.78, 5) is 0. The molecule has 0 radical (unpaired) electrons. The van der Waals surface area contributed by atoms with E-state index in [1.165, 1.54) is 77.0 Å². The van der Waals surface area contributed by atoms with Crippen LogP contribution in [0.2, 0.25) is 0 Å². The van der Waals surface area contributed by atoms with Crippen molar-refractivity contribution >= 4 is 9.24 Å². The molecule has 0 aliphatic heterocycles. The zero-order chi connectivity index (χ0) is 15.2. The monoisotopic (exact) mass is 300 g/mol. The highest BCUT2D eigenvalue weighted by atomic mass is 31.0. The quantitative estimate of drug-likeness (QED) is 0.234. The van der Waals surface area contributed by atoms with E-state index in [2.05, 4.69) is 36.9 Å². The van der Waals surface area contributed by atoms with Crippen LogP contribution >= 0.6 is 9.24 Å². The molecule has 4 unspecified atom stereocenters. The van der Waals surface area contributed by atoms with Crippen LogP contribution in [0.5, 0.6) is 0 Å². The van der Waals surface area contributed by atoms with E-state index in [-0.39, 0.29) is 0 Å². The van der Waals surface area contributed by atoms with Crippen LogP contribution in [0.4, 0.5) is 0 Å². The lowest BCUT2D eigenvalue weighted by atomic mass is 9.79. The standard InChI is InChI=1S/C19H41P/c1-5-9-11-13-16-19(20)18(15-12-10-6-2)17(8-4)14-7-3/h17-19H,5-16,20H2,1-4H3. The smallest absolute Gasteiger partial charge is 0.0233 e. The number of rotatable bonds is 14. The maximum atomic E-state index is 3.22. The van der Waals surface area contributed by atoms with E-state index in [0.717, 1.165) is 17.5 Å². The van der Waals surface area contributed by atoms with Crippen molar-refractivity contribution in [3.05, 3.63) is 0 Å². The van der Waals surface area contributed by atoms with Crippen LogP contribution in [-0.4, -0.2) is 5.66 Å². The first kappa shape index (κ1) is 20.4. The van der Waals surface area contributed by atoms with E-state index in [0.29, 0.717) is 0 Å². The van der Waals surface area contributed by atoms with E-state index in [1.807, 2.05) is 0 Å². The van der Waals surface area contributed by atoms with Gasteiger partial charge in [-0.15, -0.1) is 9.24 Å². The maximum absolute atomic E-state index is 3.22. The van der Waals surface area contributed by atoms with Crippen LogP contribution in [0.15, 0.2) is 0 Å². The SMILES string of the molecule is CCCCCCC(P)C(CCCCC)C(CC)CCC. The third-order valence-corrected chi connectivity index (χ3v) is 5.70. The van der Waals surface area contributed by atoms with Crippen molar-refractivity contribution in [1.29, 1.82) is 0 Å². The molecule has 0 aromatic carbocycles. The molecule has 1 heteroatoms. The number of unbranched alkanes of at least 4 members (excludes halogenated alkanes) is 5. The number of hydrogen-bond acceptors (Lipinski definition) is 0. The minimum atomic E-state index is 0.861. The molecule has 0 saturated heterocycles. The lowest BCUT2D eigenvalue weighted by Crippen LogP contribution is -2.24. The lowest BCUT2D eigenvalue weighted by Gasteiger charge is -2.31. The van der Waals surface area contributed by atoms with Gasteiger partial charge in [-0.2, -0.15) is 0 Å². The average Bonchev–Trinajstić information content (AvgIpc) is 2.46. The summed E-state index contributed by atoms with van der Waals surface area (Å²) in [5.41, 5.74) is 0.861. The third kappa shape index (κ3) is 9.38. The van der Waals surface area contributed by atoms with E-state index in [9.17, 15) is 0 Å². The van der Waals surface area contributed by atoms with Gasteiger partial charge in [0.15, 0.2) is 0 Å². The van der Waals surface area contributed by atoms with Crippen LogP contribution in [0.25, 0.3) is 0 Å². The van der Waals surface area contributed by atoms with Gasteiger partial charge in [0.1, 0.15) is 0 Å². The first-order chi connectivity index (χ1) is 9.71. The third-order valence-electron chi connectivity index (χ3n) is 4.87. The molecule has 0 spiro atoms. The predicted molar refractivity (Wildman–Crippen MR) is 98.6 cm³/mol. The van der Waals surface area contributed by atoms with Crippen molar-refractivity contribution in [2.24, 2.45) is 11.8 Å². The van der Waals surface area contributed by atoms with Gasteiger partial charge in [0.05, 0.1) is 0 Å². The summed E-state index contributed by atoms with van der Waals surface area (Å²) in [6.45, 7) is 9.38. The fourth-order valence-electron chi connectivity index (χ4n) is 3.54. The largest absolute Gasteiger partial charge is 0.134 e. The molecular formula is C19H41P.